The zero-order valence-corrected chi connectivity index (χ0v) is 12.8. The quantitative estimate of drug-likeness (QED) is 0.863. The van der Waals surface area contributed by atoms with E-state index in [0.29, 0.717) is 0 Å². The van der Waals surface area contributed by atoms with Crippen molar-refractivity contribution < 1.29 is 0 Å². The molecule has 2 nitrogen and oxygen atoms in total. The fourth-order valence-electron chi connectivity index (χ4n) is 2.06. The van der Waals surface area contributed by atoms with Gasteiger partial charge in [0.2, 0.25) is 0 Å². The number of rotatable bonds is 6. The second kappa shape index (κ2) is 6.83. The molecule has 2 rings (SSSR count). The van der Waals surface area contributed by atoms with Crippen molar-refractivity contribution in [2.75, 3.05) is 0 Å². The van der Waals surface area contributed by atoms with E-state index in [9.17, 15) is 0 Å². The lowest BCUT2D eigenvalue weighted by molar-refractivity contribution is 0.646. The van der Waals surface area contributed by atoms with E-state index in [2.05, 4.69) is 55.3 Å². The number of nitrogens with zero attached hydrogens (tertiary/aromatic N) is 1. The Morgan fingerprint density at radius 1 is 1.11 bits per heavy atom. The third-order valence-corrected chi connectivity index (χ3v) is 3.85. The van der Waals surface area contributed by atoms with Crippen molar-refractivity contribution in [2.24, 2.45) is 5.92 Å². The number of thiazole rings is 1. The fraction of sp³-hybridized carbons (Fsp3) is 0.438. The molecule has 0 amide bonds. The predicted molar refractivity (Wildman–Crippen MR) is 82.4 cm³/mol. The van der Waals surface area contributed by atoms with Crippen LogP contribution in [0.1, 0.15) is 34.9 Å². The van der Waals surface area contributed by atoms with Crippen molar-refractivity contribution in [1.29, 1.82) is 0 Å². The summed E-state index contributed by atoms with van der Waals surface area (Å²) in [5, 5.41) is 4.60. The van der Waals surface area contributed by atoms with Crippen LogP contribution in [0.4, 0.5) is 0 Å². The maximum atomic E-state index is 4.35. The van der Waals surface area contributed by atoms with Gasteiger partial charge in [0, 0.05) is 24.2 Å². The fourth-order valence-corrected chi connectivity index (χ4v) is 2.82. The normalized spacial score (nSPS) is 11.2. The van der Waals surface area contributed by atoms with E-state index in [1.807, 2.05) is 6.20 Å². The number of hydrogen-bond donors (Lipinski definition) is 1. The van der Waals surface area contributed by atoms with Gasteiger partial charge in [0.25, 0.3) is 0 Å². The molecule has 1 N–H and O–H groups in total. The lowest BCUT2D eigenvalue weighted by atomic mass is 10.0. The summed E-state index contributed by atoms with van der Waals surface area (Å²) in [6.45, 7) is 8.36. The van der Waals surface area contributed by atoms with Crippen LogP contribution in [0.3, 0.4) is 0 Å². The Labute approximate surface area is 119 Å². The maximum Gasteiger partial charge on any atom is 0.107 e. The van der Waals surface area contributed by atoms with Crippen molar-refractivity contribution in [2.45, 2.75) is 40.3 Å². The van der Waals surface area contributed by atoms with E-state index >= 15 is 0 Å². The van der Waals surface area contributed by atoms with Crippen LogP contribution >= 0.6 is 11.3 Å². The largest absolute Gasteiger partial charge is 0.306 e. The minimum Gasteiger partial charge on any atom is -0.306 e. The molecule has 3 heteroatoms. The Morgan fingerprint density at radius 3 is 2.37 bits per heavy atom. The van der Waals surface area contributed by atoms with Gasteiger partial charge in [0.15, 0.2) is 0 Å². The van der Waals surface area contributed by atoms with Crippen LogP contribution in [-0.2, 0) is 19.5 Å². The minimum atomic E-state index is 0.720. The molecule has 0 atom stereocenters. The van der Waals surface area contributed by atoms with E-state index in [0.717, 1.165) is 30.4 Å². The van der Waals surface area contributed by atoms with Gasteiger partial charge >= 0.3 is 0 Å². The SMILES string of the molecule is Cc1cnc(CNCc2ccc(CC(C)C)cc2)s1. The summed E-state index contributed by atoms with van der Waals surface area (Å²) in [5.41, 5.74) is 2.76. The first kappa shape index (κ1) is 14.2. The van der Waals surface area contributed by atoms with Gasteiger partial charge in [0.05, 0.1) is 0 Å². The van der Waals surface area contributed by atoms with Gasteiger partial charge in [-0.3, -0.25) is 0 Å². The molecule has 0 aliphatic heterocycles. The maximum absolute atomic E-state index is 4.35. The third kappa shape index (κ3) is 4.77. The molecular weight excluding hydrogens is 252 g/mol. The van der Waals surface area contributed by atoms with Crippen molar-refractivity contribution in [3.8, 4) is 0 Å². The summed E-state index contributed by atoms with van der Waals surface area (Å²) in [4.78, 5) is 5.62. The molecule has 19 heavy (non-hydrogen) atoms. The van der Waals surface area contributed by atoms with Crippen LogP contribution in [0.5, 0.6) is 0 Å². The highest BCUT2D eigenvalue weighted by Crippen LogP contribution is 2.12. The molecule has 102 valence electrons. The number of hydrogen-bond acceptors (Lipinski definition) is 3. The summed E-state index contributed by atoms with van der Waals surface area (Å²) in [6, 6.07) is 8.92. The van der Waals surface area contributed by atoms with Gasteiger partial charge in [-0.05, 0) is 30.4 Å². The Morgan fingerprint density at radius 2 is 1.79 bits per heavy atom. The summed E-state index contributed by atoms with van der Waals surface area (Å²) < 4.78 is 0. The molecule has 0 fully saturated rings. The number of aromatic nitrogens is 1. The Bertz CT molecular complexity index is 500. The smallest absolute Gasteiger partial charge is 0.107 e. The first-order chi connectivity index (χ1) is 9.13. The zero-order chi connectivity index (χ0) is 13.7. The molecule has 0 spiro atoms. The third-order valence-electron chi connectivity index (χ3n) is 2.94. The molecule has 1 heterocycles. The predicted octanol–water partition coefficient (Wildman–Crippen LogP) is 3.94. The number of benzene rings is 1. The van der Waals surface area contributed by atoms with Gasteiger partial charge in [0.1, 0.15) is 5.01 Å². The van der Waals surface area contributed by atoms with E-state index in [1.54, 1.807) is 11.3 Å². The molecule has 0 saturated carbocycles. The van der Waals surface area contributed by atoms with Gasteiger partial charge in [-0.2, -0.15) is 0 Å². The molecule has 0 bridgehead atoms. The van der Waals surface area contributed by atoms with Crippen molar-refractivity contribution in [3.63, 3.8) is 0 Å². The summed E-state index contributed by atoms with van der Waals surface area (Å²) in [6.07, 6.45) is 3.09. The molecule has 1 aromatic heterocycles. The molecule has 0 aliphatic rings. The minimum absolute atomic E-state index is 0.720. The average Bonchev–Trinajstić information content (AvgIpc) is 2.77. The van der Waals surface area contributed by atoms with Crippen LogP contribution < -0.4 is 5.32 Å². The summed E-state index contributed by atoms with van der Waals surface area (Å²) in [5.74, 6) is 0.720. The van der Waals surface area contributed by atoms with Crippen molar-refractivity contribution in [3.05, 3.63) is 51.5 Å². The lowest BCUT2D eigenvalue weighted by Crippen LogP contribution is -2.12. The van der Waals surface area contributed by atoms with Gasteiger partial charge in [-0.1, -0.05) is 38.1 Å². The standard InChI is InChI=1S/C16H22N2S/c1-12(2)8-14-4-6-15(7-5-14)10-17-11-16-18-9-13(3)19-16/h4-7,9,12,17H,8,10-11H2,1-3H3. The van der Waals surface area contributed by atoms with E-state index in [1.165, 1.54) is 16.0 Å². The van der Waals surface area contributed by atoms with Crippen LogP contribution in [0.15, 0.2) is 30.5 Å². The molecule has 0 radical (unpaired) electrons. The summed E-state index contributed by atoms with van der Waals surface area (Å²) >= 11 is 1.76. The Kier molecular flexibility index (Phi) is 5.11. The topological polar surface area (TPSA) is 24.9 Å². The first-order valence-electron chi connectivity index (χ1n) is 6.83. The van der Waals surface area contributed by atoms with Crippen molar-refractivity contribution >= 4 is 11.3 Å². The van der Waals surface area contributed by atoms with Crippen LogP contribution in [0, 0.1) is 12.8 Å². The van der Waals surface area contributed by atoms with Gasteiger partial charge in [-0.25, -0.2) is 4.98 Å². The van der Waals surface area contributed by atoms with E-state index < -0.39 is 0 Å². The monoisotopic (exact) mass is 274 g/mol. The van der Waals surface area contributed by atoms with Crippen LogP contribution in [0.25, 0.3) is 0 Å². The second-order valence-electron chi connectivity index (χ2n) is 5.38. The van der Waals surface area contributed by atoms with Crippen molar-refractivity contribution in [1.82, 2.24) is 10.3 Å². The molecule has 0 aliphatic carbocycles. The lowest BCUT2D eigenvalue weighted by Gasteiger charge is -2.07. The molecule has 0 saturated heterocycles. The first-order valence-corrected chi connectivity index (χ1v) is 7.65. The Balaban J connectivity index is 1.79. The molecule has 0 unspecified atom stereocenters. The van der Waals surface area contributed by atoms with Crippen LogP contribution in [0.2, 0.25) is 0 Å². The second-order valence-corrected chi connectivity index (χ2v) is 6.70. The molecule has 2 aromatic rings. The summed E-state index contributed by atoms with van der Waals surface area (Å²) in [7, 11) is 0. The van der Waals surface area contributed by atoms with E-state index in [4.69, 9.17) is 0 Å². The van der Waals surface area contributed by atoms with E-state index in [-0.39, 0.29) is 0 Å². The molecule has 1 aromatic carbocycles. The average molecular weight is 274 g/mol. The highest BCUT2D eigenvalue weighted by atomic mass is 32.1. The van der Waals surface area contributed by atoms with Gasteiger partial charge < -0.3 is 5.32 Å². The zero-order valence-electron chi connectivity index (χ0n) is 11.9. The van der Waals surface area contributed by atoms with Crippen LogP contribution in [-0.4, -0.2) is 4.98 Å². The van der Waals surface area contributed by atoms with Gasteiger partial charge in [-0.15, -0.1) is 11.3 Å². The Hall–Kier alpha value is -1.19. The highest BCUT2D eigenvalue weighted by molar-refractivity contribution is 7.11. The molecular formula is C16H22N2S. The number of nitrogens with one attached hydrogen (secondary N) is 1. The highest BCUT2D eigenvalue weighted by Gasteiger charge is 2.00. The number of aryl methyl sites for hydroxylation is 1.